The molecule has 0 aliphatic carbocycles. The Morgan fingerprint density at radius 2 is 1.48 bits per heavy atom. The smallest absolute Gasteiger partial charge is 0.407 e. The van der Waals surface area contributed by atoms with Gasteiger partial charge < -0.3 is 41.4 Å². The highest BCUT2D eigenvalue weighted by Gasteiger charge is 2.44. The fourth-order valence-electron chi connectivity index (χ4n) is 5.85. The molecule has 54 heavy (non-hydrogen) atoms. The van der Waals surface area contributed by atoms with E-state index in [0.717, 1.165) is 11.1 Å². The van der Waals surface area contributed by atoms with Gasteiger partial charge in [-0.05, 0) is 29.4 Å². The molecule has 1 fully saturated rings. The lowest BCUT2D eigenvalue weighted by atomic mass is 10.0. The lowest BCUT2D eigenvalue weighted by Crippen LogP contribution is -2.57. The molecule has 5 atom stereocenters. The molecule has 0 spiro atoms. The zero-order valence-corrected chi connectivity index (χ0v) is 31.7. The van der Waals surface area contributed by atoms with Crippen molar-refractivity contribution < 1.29 is 43.0 Å². The monoisotopic (exact) mass is 750 g/mol. The van der Waals surface area contributed by atoms with Gasteiger partial charge in [-0.25, -0.2) is 4.79 Å². The van der Waals surface area contributed by atoms with Gasteiger partial charge in [0.05, 0.1) is 31.9 Å². The van der Waals surface area contributed by atoms with E-state index < -0.39 is 78.2 Å². The first kappa shape index (κ1) is 43.1. The molecule has 15 heteroatoms. The highest BCUT2D eigenvalue weighted by atomic mass is 16.5. The van der Waals surface area contributed by atoms with Gasteiger partial charge in [0.2, 0.25) is 29.4 Å². The standard InChI is InChI=1S/C39H54N6O9/c1-6-13-29(34(47)37(50)41-20-32(46)42-30(35(40)48)18-26-14-9-7-10-15-26)43-36(49)31-19-28(53-23-27-16-11-8-12-17-27)21-45(31)38(51)33(25(4)5)44-39(52)54-22-24(2)3/h7-12,14-17,24-25,28-31,33H,6,13,18-23H2,1-5H3,(H2,40,48)(H,41,50)(H,42,46)(H,43,49)(H,44,52). The largest absolute Gasteiger partial charge is 0.449 e. The number of likely N-dealkylation sites (tertiary alicyclic amines) is 1. The maximum absolute atomic E-state index is 14.0. The van der Waals surface area contributed by atoms with Gasteiger partial charge in [-0.2, -0.15) is 0 Å². The minimum Gasteiger partial charge on any atom is -0.449 e. The second-order valence-electron chi connectivity index (χ2n) is 14.1. The topological polar surface area (TPSA) is 215 Å². The molecule has 1 aliphatic rings. The Hall–Kier alpha value is -5.31. The lowest BCUT2D eigenvalue weighted by molar-refractivity contribution is -0.143. The highest BCUT2D eigenvalue weighted by molar-refractivity contribution is 6.38. The number of nitrogens with two attached hydrogens (primary N) is 1. The Labute approximate surface area is 316 Å². The fraction of sp³-hybridized carbons (Fsp3) is 0.513. The molecular weight excluding hydrogens is 696 g/mol. The van der Waals surface area contributed by atoms with Gasteiger partial charge in [0.25, 0.3) is 5.91 Å². The maximum Gasteiger partial charge on any atom is 0.407 e. The first-order valence-corrected chi connectivity index (χ1v) is 18.3. The number of rotatable bonds is 20. The van der Waals surface area contributed by atoms with Crippen molar-refractivity contribution >= 4 is 41.4 Å². The zero-order chi connectivity index (χ0) is 39.8. The summed E-state index contributed by atoms with van der Waals surface area (Å²) in [6, 6.07) is 13.9. The lowest BCUT2D eigenvalue weighted by Gasteiger charge is -2.31. The number of ketones is 1. The van der Waals surface area contributed by atoms with Crippen molar-refractivity contribution in [1.29, 1.82) is 0 Å². The number of hydrogen-bond donors (Lipinski definition) is 5. The normalized spacial score (nSPS) is 16.9. The van der Waals surface area contributed by atoms with E-state index >= 15 is 0 Å². The summed E-state index contributed by atoms with van der Waals surface area (Å²) >= 11 is 0. The number of amides is 6. The van der Waals surface area contributed by atoms with Crippen LogP contribution in [0.1, 0.15) is 65.0 Å². The van der Waals surface area contributed by atoms with Gasteiger partial charge in [-0.15, -0.1) is 0 Å². The Morgan fingerprint density at radius 1 is 0.852 bits per heavy atom. The van der Waals surface area contributed by atoms with Gasteiger partial charge in [0.15, 0.2) is 0 Å². The van der Waals surface area contributed by atoms with Gasteiger partial charge in [0.1, 0.15) is 18.1 Å². The summed E-state index contributed by atoms with van der Waals surface area (Å²) in [6.45, 7) is 8.84. The summed E-state index contributed by atoms with van der Waals surface area (Å²) in [5.41, 5.74) is 7.13. The number of hydrogen-bond acceptors (Lipinski definition) is 9. The van der Waals surface area contributed by atoms with Crippen LogP contribution in [0.5, 0.6) is 0 Å². The molecule has 2 aromatic rings. The molecule has 0 saturated carbocycles. The summed E-state index contributed by atoms with van der Waals surface area (Å²) in [4.78, 5) is 92.8. The van der Waals surface area contributed by atoms with Crippen molar-refractivity contribution in [2.75, 3.05) is 19.7 Å². The average molecular weight is 751 g/mol. The number of primary amides is 1. The van der Waals surface area contributed by atoms with Crippen LogP contribution in [0.25, 0.3) is 0 Å². The van der Waals surface area contributed by atoms with E-state index in [2.05, 4.69) is 21.3 Å². The van der Waals surface area contributed by atoms with E-state index in [1.54, 1.807) is 51.1 Å². The van der Waals surface area contributed by atoms with Gasteiger partial charge in [0, 0.05) is 19.4 Å². The van der Waals surface area contributed by atoms with Crippen LogP contribution in [0.3, 0.4) is 0 Å². The number of benzene rings is 2. The van der Waals surface area contributed by atoms with Gasteiger partial charge >= 0.3 is 6.09 Å². The number of nitrogens with one attached hydrogen (secondary N) is 4. The summed E-state index contributed by atoms with van der Waals surface area (Å²) in [5.74, 6) is -5.11. The highest BCUT2D eigenvalue weighted by Crippen LogP contribution is 2.25. The Morgan fingerprint density at radius 3 is 2.06 bits per heavy atom. The molecule has 1 heterocycles. The van der Waals surface area contributed by atoms with Gasteiger partial charge in [-0.3, -0.25) is 28.8 Å². The molecule has 3 rings (SSSR count). The van der Waals surface area contributed by atoms with E-state index in [1.165, 1.54) is 4.90 Å². The molecule has 6 N–H and O–H groups in total. The Balaban J connectivity index is 1.71. The third kappa shape index (κ3) is 13.6. The predicted molar refractivity (Wildman–Crippen MR) is 199 cm³/mol. The number of Topliss-reactive ketones (excluding diaryl/α,β-unsaturated/α-hetero) is 1. The van der Waals surface area contributed by atoms with Crippen molar-refractivity contribution in [3.05, 3.63) is 71.8 Å². The third-order valence-electron chi connectivity index (χ3n) is 8.74. The van der Waals surface area contributed by atoms with Crippen LogP contribution in [-0.4, -0.2) is 96.3 Å². The number of ether oxygens (including phenoxy) is 2. The van der Waals surface area contributed by atoms with Crippen LogP contribution in [0, 0.1) is 11.8 Å². The van der Waals surface area contributed by atoms with E-state index in [0.29, 0.717) is 6.42 Å². The van der Waals surface area contributed by atoms with Crippen molar-refractivity contribution in [2.24, 2.45) is 17.6 Å². The molecule has 1 saturated heterocycles. The number of carbonyl (C=O) groups excluding carboxylic acids is 7. The first-order chi connectivity index (χ1) is 25.7. The van der Waals surface area contributed by atoms with E-state index in [4.69, 9.17) is 15.2 Å². The van der Waals surface area contributed by atoms with E-state index in [1.807, 2.05) is 44.2 Å². The number of nitrogens with zero attached hydrogens (tertiary/aromatic N) is 1. The van der Waals surface area contributed by atoms with Crippen molar-refractivity contribution in [1.82, 2.24) is 26.2 Å². The summed E-state index contributed by atoms with van der Waals surface area (Å²) in [7, 11) is 0. The quantitative estimate of drug-likeness (QED) is 0.125. The number of carbonyl (C=O) groups is 7. The van der Waals surface area contributed by atoms with E-state index in [9.17, 15) is 33.6 Å². The molecule has 0 aromatic heterocycles. The minimum absolute atomic E-state index is 0.0360. The number of alkyl carbamates (subject to hydrolysis) is 1. The average Bonchev–Trinajstić information content (AvgIpc) is 3.58. The van der Waals surface area contributed by atoms with Crippen molar-refractivity contribution in [3.63, 3.8) is 0 Å². The van der Waals surface area contributed by atoms with Crippen LogP contribution in [-0.2, 0) is 51.3 Å². The van der Waals surface area contributed by atoms with E-state index in [-0.39, 0.29) is 50.9 Å². The summed E-state index contributed by atoms with van der Waals surface area (Å²) < 4.78 is 11.4. The molecule has 0 bridgehead atoms. The zero-order valence-electron chi connectivity index (χ0n) is 31.7. The molecule has 0 radical (unpaired) electrons. The molecule has 6 amide bonds. The summed E-state index contributed by atoms with van der Waals surface area (Å²) in [6.07, 6.45) is -0.582. The van der Waals surface area contributed by atoms with Gasteiger partial charge in [-0.1, -0.05) is 102 Å². The Bertz CT molecular complexity index is 1590. The molecule has 1 aliphatic heterocycles. The third-order valence-corrected chi connectivity index (χ3v) is 8.74. The molecule has 294 valence electrons. The predicted octanol–water partition coefficient (Wildman–Crippen LogP) is 1.76. The summed E-state index contributed by atoms with van der Waals surface area (Å²) in [5, 5.41) is 10.0. The van der Waals surface area contributed by atoms with Crippen molar-refractivity contribution in [2.45, 2.75) is 97.2 Å². The molecule has 5 unspecified atom stereocenters. The van der Waals surface area contributed by atoms with Crippen LogP contribution < -0.4 is 27.0 Å². The van der Waals surface area contributed by atoms with Crippen LogP contribution >= 0.6 is 0 Å². The second kappa shape index (κ2) is 21.4. The molecule has 2 aromatic carbocycles. The molecule has 15 nitrogen and oxygen atoms in total. The second-order valence-corrected chi connectivity index (χ2v) is 14.1. The molecular formula is C39H54N6O9. The van der Waals surface area contributed by atoms with Crippen molar-refractivity contribution in [3.8, 4) is 0 Å². The van der Waals surface area contributed by atoms with Crippen LogP contribution in [0.2, 0.25) is 0 Å². The van der Waals surface area contributed by atoms with Crippen LogP contribution in [0.4, 0.5) is 4.79 Å². The first-order valence-electron chi connectivity index (χ1n) is 18.3. The minimum atomic E-state index is -1.27. The Kier molecular flexibility index (Phi) is 17.1. The fourth-order valence-corrected chi connectivity index (χ4v) is 5.85. The maximum atomic E-state index is 14.0. The van der Waals surface area contributed by atoms with Crippen LogP contribution in [0.15, 0.2) is 60.7 Å². The SMILES string of the molecule is CCCC(NC(=O)C1CC(OCc2ccccc2)CN1C(=O)C(NC(=O)OCC(C)C)C(C)C)C(=O)C(=O)NCC(=O)NC(Cc1ccccc1)C(N)=O.